The quantitative estimate of drug-likeness (QED) is 0.922. The van der Waals surface area contributed by atoms with Gasteiger partial charge in [-0.3, -0.25) is 4.79 Å². The Balaban J connectivity index is 1.60. The molecule has 3 rings (SSSR count). The Morgan fingerprint density at radius 1 is 1.22 bits per heavy atom. The molecule has 2 aromatic carbocycles. The molecule has 4 heteroatoms. The van der Waals surface area contributed by atoms with Crippen LogP contribution in [0.15, 0.2) is 48.5 Å². The van der Waals surface area contributed by atoms with Crippen LogP contribution < -0.4 is 14.8 Å². The molecule has 0 aliphatic carbocycles. The van der Waals surface area contributed by atoms with Crippen LogP contribution in [0, 0.1) is 0 Å². The molecule has 1 aliphatic rings. The second kappa shape index (κ2) is 7.18. The van der Waals surface area contributed by atoms with E-state index in [0.29, 0.717) is 19.6 Å². The summed E-state index contributed by atoms with van der Waals surface area (Å²) in [6.45, 7) is 1.15. The van der Waals surface area contributed by atoms with Gasteiger partial charge in [0.05, 0.1) is 13.7 Å². The van der Waals surface area contributed by atoms with Crippen molar-refractivity contribution in [2.75, 3.05) is 13.7 Å². The highest BCUT2D eigenvalue weighted by Crippen LogP contribution is 2.35. The van der Waals surface area contributed by atoms with Gasteiger partial charge in [-0.1, -0.05) is 36.4 Å². The van der Waals surface area contributed by atoms with Gasteiger partial charge in [-0.15, -0.1) is 0 Å². The minimum Gasteiger partial charge on any atom is -0.496 e. The van der Waals surface area contributed by atoms with E-state index < -0.39 is 0 Å². The number of carbonyl (C=O) groups is 1. The average molecular weight is 311 g/mol. The molecule has 1 N–H and O–H groups in total. The Bertz CT molecular complexity index is 684. The van der Waals surface area contributed by atoms with E-state index >= 15 is 0 Å². The number of nitrogens with one attached hydrogen (secondary N) is 1. The molecule has 120 valence electrons. The van der Waals surface area contributed by atoms with E-state index in [4.69, 9.17) is 9.47 Å². The average Bonchev–Trinajstić information content (AvgIpc) is 2.60. The topological polar surface area (TPSA) is 47.6 Å². The molecule has 1 amide bonds. The van der Waals surface area contributed by atoms with Crippen molar-refractivity contribution in [3.8, 4) is 11.5 Å². The molecule has 0 saturated carbocycles. The minimum absolute atomic E-state index is 0.0533. The Hall–Kier alpha value is -2.49. The molecule has 1 atom stereocenters. The third-order valence-electron chi connectivity index (χ3n) is 4.18. The summed E-state index contributed by atoms with van der Waals surface area (Å²) in [6, 6.07) is 15.7. The summed E-state index contributed by atoms with van der Waals surface area (Å²) in [7, 11) is 1.64. The van der Waals surface area contributed by atoms with Crippen LogP contribution in [0.5, 0.6) is 11.5 Å². The first-order chi connectivity index (χ1) is 11.3. The van der Waals surface area contributed by atoms with Crippen LogP contribution in [-0.2, 0) is 11.3 Å². The molecule has 0 radical (unpaired) electrons. The van der Waals surface area contributed by atoms with Crippen molar-refractivity contribution in [3.05, 3.63) is 59.7 Å². The minimum atomic E-state index is 0.0533. The standard InChI is InChI=1S/C19H21NO3/c1-22-17-8-4-2-6-15(17)13-20-19(21)12-14-10-11-23-18-9-5-3-7-16(14)18/h2-9,14H,10-13H2,1H3,(H,20,21). The largest absolute Gasteiger partial charge is 0.496 e. The van der Waals surface area contributed by atoms with Gasteiger partial charge in [-0.2, -0.15) is 0 Å². The number of para-hydroxylation sites is 2. The van der Waals surface area contributed by atoms with Crippen molar-refractivity contribution in [2.24, 2.45) is 0 Å². The summed E-state index contributed by atoms with van der Waals surface area (Å²) < 4.78 is 11.0. The number of rotatable bonds is 5. The lowest BCUT2D eigenvalue weighted by atomic mass is 9.90. The fraction of sp³-hybridized carbons (Fsp3) is 0.316. The van der Waals surface area contributed by atoms with E-state index in [0.717, 1.165) is 29.0 Å². The van der Waals surface area contributed by atoms with Crippen LogP contribution in [0.1, 0.15) is 29.9 Å². The number of fused-ring (bicyclic) bond motifs is 1. The van der Waals surface area contributed by atoms with E-state index in [-0.39, 0.29) is 11.8 Å². The van der Waals surface area contributed by atoms with Crippen molar-refractivity contribution < 1.29 is 14.3 Å². The van der Waals surface area contributed by atoms with E-state index in [9.17, 15) is 4.79 Å². The first-order valence-corrected chi connectivity index (χ1v) is 7.88. The molecule has 0 fully saturated rings. The highest BCUT2D eigenvalue weighted by molar-refractivity contribution is 5.77. The first kappa shape index (κ1) is 15.4. The molecule has 0 aromatic heterocycles. The maximum atomic E-state index is 12.3. The lowest BCUT2D eigenvalue weighted by Crippen LogP contribution is -2.26. The summed E-state index contributed by atoms with van der Waals surface area (Å²) in [5.74, 6) is 1.97. The molecular formula is C19H21NO3. The number of amides is 1. The van der Waals surface area contributed by atoms with Crippen LogP contribution in [0.4, 0.5) is 0 Å². The van der Waals surface area contributed by atoms with Crippen LogP contribution >= 0.6 is 0 Å². The predicted molar refractivity (Wildman–Crippen MR) is 88.8 cm³/mol. The molecule has 4 nitrogen and oxygen atoms in total. The van der Waals surface area contributed by atoms with Crippen molar-refractivity contribution in [3.63, 3.8) is 0 Å². The maximum Gasteiger partial charge on any atom is 0.220 e. The fourth-order valence-corrected chi connectivity index (χ4v) is 2.97. The van der Waals surface area contributed by atoms with Crippen molar-refractivity contribution >= 4 is 5.91 Å². The van der Waals surface area contributed by atoms with Crippen LogP contribution in [0.25, 0.3) is 0 Å². The van der Waals surface area contributed by atoms with Crippen LogP contribution in [-0.4, -0.2) is 19.6 Å². The smallest absolute Gasteiger partial charge is 0.220 e. The highest BCUT2D eigenvalue weighted by Gasteiger charge is 2.23. The maximum absolute atomic E-state index is 12.3. The second-order valence-electron chi connectivity index (χ2n) is 5.66. The summed E-state index contributed by atoms with van der Waals surface area (Å²) in [5, 5.41) is 2.99. The number of benzene rings is 2. The zero-order valence-electron chi connectivity index (χ0n) is 13.2. The third kappa shape index (κ3) is 3.65. The SMILES string of the molecule is COc1ccccc1CNC(=O)CC1CCOc2ccccc21. The van der Waals surface area contributed by atoms with Crippen LogP contribution in [0.2, 0.25) is 0 Å². The molecule has 0 saturated heterocycles. The number of methoxy groups -OCH3 is 1. The van der Waals surface area contributed by atoms with Gasteiger partial charge >= 0.3 is 0 Å². The van der Waals surface area contributed by atoms with E-state index in [1.807, 2.05) is 48.5 Å². The normalized spacial score (nSPS) is 16.1. The lowest BCUT2D eigenvalue weighted by molar-refractivity contribution is -0.121. The Kier molecular flexibility index (Phi) is 4.81. The van der Waals surface area contributed by atoms with E-state index in [2.05, 4.69) is 5.32 Å². The van der Waals surface area contributed by atoms with Gasteiger partial charge in [0, 0.05) is 18.5 Å². The molecule has 0 bridgehead atoms. The Morgan fingerprint density at radius 3 is 2.87 bits per heavy atom. The van der Waals surface area contributed by atoms with Gasteiger partial charge in [0.25, 0.3) is 0 Å². The number of hydrogen-bond acceptors (Lipinski definition) is 3. The van der Waals surface area contributed by atoms with Crippen molar-refractivity contribution in [1.29, 1.82) is 0 Å². The van der Waals surface area contributed by atoms with Gasteiger partial charge in [0.15, 0.2) is 0 Å². The zero-order valence-corrected chi connectivity index (χ0v) is 13.2. The summed E-state index contributed by atoms with van der Waals surface area (Å²) in [6.07, 6.45) is 1.36. The molecule has 0 spiro atoms. The Morgan fingerprint density at radius 2 is 2.00 bits per heavy atom. The Labute approximate surface area is 136 Å². The first-order valence-electron chi connectivity index (χ1n) is 7.88. The van der Waals surface area contributed by atoms with Gasteiger partial charge in [-0.25, -0.2) is 0 Å². The molecular weight excluding hydrogens is 290 g/mol. The lowest BCUT2D eigenvalue weighted by Gasteiger charge is -2.25. The van der Waals surface area contributed by atoms with Gasteiger partial charge in [-0.05, 0) is 30.0 Å². The second-order valence-corrected chi connectivity index (χ2v) is 5.66. The third-order valence-corrected chi connectivity index (χ3v) is 4.18. The molecule has 1 unspecified atom stereocenters. The fourth-order valence-electron chi connectivity index (χ4n) is 2.97. The predicted octanol–water partition coefficient (Wildman–Crippen LogP) is 3.27. The number of hydrogen-bond donors (Lipinski definition) is 1. The molecule has 23 heavy (non-hydrogen) atoms. The van der Waals surface area contributed by atoms with Gasteiger partial charge in [0.2, 0.25) is 5.91 Å². The van der Waals surface area contributed by atoms with Gasteiger partial charge in [0.1, 0.15) is 11.5 Å². The highest BCUT2D eigenvalue weighted by atomic mass is 16.5. The summed E-state index contributed by atoms with van der Waals surface area (Å²) in [4.78, 5) is 12.3. The van der Waals surface area contributed by atoms with Gasteiger partial charge < -0.3 is 14.8 Å². The van der Waals surface area contributed by atoms with Crippen LogP contribution in [0.3, 0.4) is 0 Å². The summed E-state index contributed by atoms with van der Waals surface area (Å²) in [5.41, 5.74) is 2.11. The summed E-state index contributed by atoms with van der Waals surface area (Å²) >= 11 is 0. The molecule has 2 aromatic rings. The number of ether oxygens (including phenoxy) is 2. The van der Waals surface area contributed by atoms with E-state index in [1.54, 1.807) is 7.11 Å². The molecule has 1 heterocycles. The van der Waals surface area contributed by atoms with Crippen molar-refractivity contribution in [1.82, 2.24) is 5.32 Å². The monoisotopic (exact) mass is 311 g/mol. The molecule has 1 aliphatic heterocycles. The van der Waals surface area contributed by atoms with Crippen molar-refractivity contribution in [2.45, 2.75) is 25.3 Å². The zero-order chi connectivity index (χ0) is 16.1. The number of carbonyl (C=O) groups excluding carboxylic acids is 1. The van der Waals surface area contributed by atoms with E-state index in [1.165, 1.54) is 0 Å².